The number of carbonyl (C=O) groups is 1. The topological polar surface area (TPSA) is 89.7 Å². The Labute approximate surface area is 124 Å². The SMILES string of the molecule is COC(=O)C1CCCN(S(=O)(=O)c2cccc(N)c2C)C1. The molecular weight excluding hydrogens is 292 g/mol. The van der Waals surface area contributed by atoms with Crippen molar-refractivity contribution in [1.82, 2.24) is 4.31 Å². The van der Waals surface area contributed by atoms with Crippen molar-refractivity contribution in [3.05, 3.63) is 23.8 Å². The van der Waals surface area contributed by atoms with Gasteiger partial charge in [-0.25, -0.2) is 8.42 Å². The molecule has 1 aromatic rings. The zero-order valence-corrected chi connectivity index (χ0v) is 13.0. The van der Waals surface area contributed by atoms with Crippen molar-refractivity contribution >= 4 is 21.7 Å². The van der Waals surface area contributed by atoms with Gasteiger partial charge in [0.2, 0.25) is 10.0 Å². The van der Waals surface area contributed by atoms with Gasteiger partial charge in [-0.05, 0) is 37.5 Å². The number of hydrogen-bond acceptors (Lipinski definition) is 5. The van der Waals surface area contributed by atoms with E-state index in [0.717, 1.165) is 0 Å². The summed E-state index contributed by atoms with van der Waals surface area (Å²) in [6.07, 6.45) is 1.29. The van der Waals surface area contributed by atoms with Crippen molar-refractivity contribution in [2.45, 2.75) is 24.7 Å². The van der Waals surface area contributed by atoms with Crippen LogP contribution < -0.4 is 5.73 Å². The highest BCUT2D eigenvalue weighted by molar-refractivity contribution is 7.89. The molecule has 1 aliphatic heterocycles. The minimum absolute atomic E-state index is 0.156. The number of benzene rings is 1. The summed E-state index contributed by atoms with van der Waals surface area (Å²) in [6.45, 7) is 2.25. The zero-order valence-electron chi connectivity index (χ0n) is 12.2. The van der Waals surface area contributed by atoms with E-state index in [-0.39, 0.29) is 17.4 Å². The fraction of sp³-hybridized carbons (Fsp3) is 0.500. The summed E-state index contributed by atoms with van der Waals surface area (Å²) in [5.41, 5.74) is 6.77. The summed E-state index contributed by atoms with van der Waals surface area (Å²) < 4.78 is 31.5. The number of carbonyl (C=O) groups excluding carboxylic acids is 1. The Morgan fingerprint density at radius 3 is 2.81 bits per heavy atom. The number of anilines is 1. The van der Waals surface area contributed by atoms with Gasteiger partial charge >= 0.3 is 5.97 Å². The molecule has 1 aliphatic rings. The van der Waals surface area contributed by atoms with Gasteiger partial charge in [0.25, 0.3) is 0 Å². The van der Waals surface area contributed by atoms with Crippen molar-refractivity contribution in [2.24, 2.45) is 5.92 Å². The van der Waals surface area contributed by atoms with E-state index in [0.29, 0.717) is 30.6 Å². The molecule has 21 heavy (non-hydrogen) atoms. The molecule has 0 amide bonds. The largest absolute Gasteiger partial charge is 0.469 e. The number of ether oxygens (including phenoxy) is 1. The van der Waals surface area contributed by atoms with Gasteiger partial charge in [-0.2, -0.15) is 4.31 Å². The maximum Gasteiger partial charge on any atom is 0.309 e. The van der Waals surface area contributed by atoms with Gasteiger partial charge < -0.3 is 10.5 Å². The van der Waals surface area contributed by atoms with Crippen LogP contribution in [0.5, 0.6) is 0 Å². The number of nitrogens with two attached hydrogens (primary N) is 1. The maximum atomic E-state index is 12.7. The summed E-state index contributed by atoms with van der Waals surface area (Å²) in [6, 6.07) is 4.83. The number of sulfonamides is 1. The molecule has 0 radical (unpaired) electrons. The van der Waals surface area contributed by atoms with Gasteiger partial charge in [0.1, 0.15) is 0 Å². The predicted molar refractivity (Wildman–Crippen MR) is 79.1 cm³/mol. The Balaban J connectivity index is 2.31. The average Bonchev–Trinajstić information content (AvgIpc) is 2.49. The highest BCUT2D eigenvalue weighted by atomic mass is 32.2. The van der Waals surface area contributed by atoms with Crippen LogP contribution in [0.25, 0.3) is 0 Å². The predicted octanol–water partition coefficient (Wildman–Crippen LogP) is 1.15. The lowest BCUT2D eigenvalue weighted by molar-refractivity contribution is -0.146. The van der Waals surface area contributed by atoms with Gasteiger partial charge in [0.05, 0.1) is 17.9 Å². The van der Waals surface area contributed by atoms with Crippen LogP contribution in [0.2, 0.25) is 0 Å². The molecule has 0 spiro atoms. The van der Waals surface area contributed by atoms with E-state index in [1.807, 2.05) is 0 Å². The standard InChI is InChI=1S/C14H20N2O4S/c1-10-12(15)6-3-7-13(10)21(18,19)16-8-4-5-11(9-16)14(17)20-2/h3,6-7,11H,4-5,8-9,15H2,1-2H3. The van der Waals surface area contributed by atoms with Gasteiger partial charge in [0.15, 0.2) is 0 Å². The molecule has 0 saturated carbocycles. The minimum Gasteiger partial charge on any atom is -0.469 e. The third kappa shape index (κ3) is 3.03. The third-order valence-corrected chi connectivity index (χ3v) is 5.87. The van der Waals surface area contributed by atoms with Gasteiger partial charge in [-0.15, -0.1) is 0 Å². The molecule has 7 heteroatoms. The van der Waals surface area contributed by atoms with Crippen LogP contribution in [-0.2, 0) is 19.6 Å². The van der Waals surface area contributed by atoms with E-state index in [4.69, 9.17) is 10.5 Å². The highest BCUT2D eigenvalue weighted by Gasteiger charge is 2.34. The molecule has 2 N–H and O–H groups in total. The van der Waals surface area contributed by atoms with Crippen LogP contribution in [0.3, 0.4) is 0 Å². The van der Waals surface area contributed by atoms with Crippen LogP contribution in [0.15, 0.2) is 23.1 Å². The van der Waals surface area contributed by atoms with Crippen LogP contribution in [0, 0.1) is 12.8 Å². The summed E-state index contributed by atoms with van der Waals surface area (Å²) >= 11 is 0. The Hall–Kier alpha value is -1.60. The van der Waals surface area contributed by atoms with E-state index in [1.165, 1.54) is 11.4 Å². The van der Waals surface area contributed by atoms with E-state index in [9.17, 15) is 13.2 Å². The van der Waals surface area contributed by atoms with Crippen molar-refractivity contribution in [3.63, 3.8) is 0 Å². The lowest BCUT2D eigenvalue weighted by atomic mass is 10.0. The summed E-state index contributed by atoms with van der Waals surface area (Å²) in [7, 11) is -2.33. The molecule has 116 valence electrons. The Morgan fingerprint density at radius 1 is 1.43 bits per heavy atom. The first-order valence-corrected chi connectivity index (χ1v) is 8.25. The molecule has 1 atom stereocenters. The molecule has 2 rings (SSSR count). The molecule has 1 saturated heterocycles. The maximum absolute atomic E-state index is 12.7. The second-order valence-electron chi connectivity index (χ2n) is 5.20. The summed E-state index contributed by atoms with van der Waals surface area (Å²) in [5.74, 6) is -0.765. The van der Waals surface area contributed by atoms with Crippen molar-refractivity contribution in [3.8, 4) is 0 Å². The van der Waals surface area contributed by atoms with Crippen LogP contribution in [0.4, 0.5) is 5.69 Å². The quantitative estimate of drug-likeness (QED) is 0.668. The van der Waals surface area contributed by atoms with E-state index < -0.39 is 15.9 Å². The Bertz CT molecular complexity index is 642. The number of rotatable bonds is 3. The number of esters is 1. The smallest absolute Gasteiger partial charge is 0.309 e. The first-order chi connectivity index (χ1) is 9.87. The second-order valence-corrected chi connectivity index (χ2v) is 7.10. The first kappa shape index (κ1) is 15.8. The lowest BCUT2D eigenvalue weighted by Gasteiger charge is -2.31. The summed E-state index contributed by atoms with van der Waals surface area (Å²) in [5, 5.41) is 0. The normalized spacial score (nSPS) is 20.2. The lowest BCUT2D eigenvalue weighted by Crippen LogP contribution is -2.42. The summed E-state index contributed by atoms with van der Waals surface area (Å²) in [4.78, 5) is 11.8. The zero-order chi connectivity index (χ0) is 15.6. The number of nitrogens with zero attached hydrogens (tertiary/aromatic N) is 1. The van der Waals surface area contributed by atoms with Crippen LogP contribution in [0.1, 0.15) is 18.4 Å². The molecule has 0 aliphatic carbocycles. The number of hydrogen-bond donors (Lipinski definition) is 1. The van der Waals surface area contributed by atoms with E-state index in [1.54, 1.807) is 25.1 Å². The molecule has 1 unspecified atom stereocenters. The van der Waals surface area contributed by atoms with E-state index in [2.05, 4.69) is 0 Å². The number of nitrogen functional groups attached to an aromatic ring is 1. The highest BCUT2D eigenvalue weighted by Crippen LogP contribution is 2.28. The molecule has 0 bridgehead atoms. The fourth-order valence-corrected chi connectivity index (χ4v) is 4.35. The van der Waals surface area contributed by atoms with Crippen LogP contribution >= 0.6 is 0 Å². The van der Waals surface area contributed by atoms with Crippen molar-refractivity contribution < 1.29 is 17.9 Å². The van der Waals surface area contributed by atoms with E-state index >= 15 is 0 Å². The molecule has 6 nitrogen and oxygen atoms in total. The third-order valence-electron chi connectivity index (χ3n) is 3.86. The second kappa shape index (κ2) is 6.03. The molecule has 1 aromatic carbocycles. The molecule has 0 aromatic heterocycles. The van der Waals surface area contributed by atoms with Crippen molar-refractivity contribution in [2.75, 3.05) is 25.9 Å². The van der Waals surface area contributed by atoms with Crippen LogP contribution in [-0.4, -0.2) is 38.9 Å². The van der Waals surface area contributed by atoms with Gasteiger partial charge in [-0.1, -0.05) is 6.07 Å². The first-order valence-electron chi connectivity index (χ1n) is 6.81. The number of methoxy groups -OCH3 is 1. The van der Waals surface area contributed by atoms with Gasteiger partial charge in [-0.3, -0.25) is 4.79 Å². The monoisotopic (exact) mass is 312 g/mol. The molecular formula is C14H20N2O4S. The number of piperidine rings is 1. The molecule has 1 heterocycles. The fourth-order valence-electron chi connectivity index (χ4n) is 2.57. The average molecular weight is 312 g/mol. The molecule has 1 fully saturated rings. The minimum atomic E-state index is -3.64. The van der Waals surface area contributed by atoms with Gasteiger partial charge in [0, 0.05) is 18.8 Å². The van der Waals surface area contributed by atoms with Crippen molar-refractivity contribution in [1.29, 1.82) is 0 Å². The Kier molecular flexibility index (Phi) is 4.53. The Morgan fingerprint density at radius 2 is 2.14 bits per heavy atom.